The molecule has 5 N–H and O–H groups in total. The second kappa shape index (κ2) is 7.96. The van der Waals surface area contributed by atoms with E-state index in [-0.39, 0.29) is 5.75 Å². The summed E-state index contributed by atoms with van der Waals surface area (Å²) in [4.78, 5) is 0. The van der Waals surface area contributed by atoms with E-state index < -0.39 is 0 Å². The number of unbranched alkanes of at least 4 members (excludes halogenated alkanes) is 5. The minimum Gasteiger partial charge on any atom is -0.506 e. The fourth-order valence-electron chi connectivity index (χ4n) is 1.94. The van der Waals surface area contributed by atoms with Crippen molar-refractivity contribution in [2.24, 2.45) is 5.73 Å². The zero-order valence-corrected chi connectivity index (χ0v) is 10.5. The molecule has 0 aliphatic heterocycles. The predicted octanol–water partition coefficient (Wildman–Crippen LogP) is 2.82. The summed E-state index contributed by atoms with van der Waals surface area (Å²) in [7, 11) is 0. The van der Waals surface area contributed by atoms with E-state index in [0.29, 0.717) is 5.69 Å². The van der Waals surface area contributed by atoms with Gasteiger partial charge in [0.15, 0.2) is 0 Å². The molecule has 0 atom stereocenters. The maximum absolute atomic E-state index is 9.30. The minimum absolute atomic E-state index is 0.176. The summed E-state index contributed by atoms with van der Waals surface area (Å²) in [6.45, 7) is 0.812. The molecule has 0 radical (unpaired) electrons. The highest BCUT2D eigenvalue weighted by Crippen LogP contribution is 2.21. The molecule has 1 aromatic carbocycles. The lowest BCUT2D eigenvalue weighted by atomic mass is 10.0. The number of nitrogens with two attached hydrogens (primary N) is 2. The van der Waals surface area contributed by atoms with Gasteiger partial charge in [-0.3, -0.25) is 0 Å². The molecule has 0 aromatic heterocycles. The summed E-state index contributed by atoms with van der Waals surface area (Å²) in [5.74, 6) is 0.176. The molecule has 0 heterocycles. The van der Waals surface area contributed by atoms with Crippen molar-refractivity contribution in [3.8, 4) is 5.75 Å². The van der Waals surface area contributed by atoms with Gasteiger partial charge in [-0.15, -0.1) is 0 Å². The van der Waals surface area contributed by atoms with Gasteiger partial charge in [0.2, 0.25) is 0 Å². The molecule has 17 heavy (non-hydrogen) atoms. The van der Waals surface area contributed by atoms with Crippen LogP contribution in [0.25, 0.3) is 0 Å². The fraction of sp³-hybridized carbons (Fsp3) is 0.571. The first-order valence-corrected chi connectivity index (χ1v) is 6.51. The number of phenolic OH excluding ortho intramolecular Hbond substituents is 1. The number of nitrogen functional groups attached to an aromatic ring is 1. The van der Waals surface area contributed by atoms with Gasteiger partial charge in [-0.05, 0) is 43.5 Å². The van der Waals surface area contributed by atoms with Gasteiger partial charge >= 0.3 is 0 Å². The van der Waals surface area contributed by atoms with E-state index in [2.05, 4.69) is 0 Å². The Labute approximate surface area is 104 Å². The standard InChI is InChI=1S/C14H24N2O/c15-10-6-4-2-1-3-5-7-12-8-9-14(17)13(16)11-12/h8-9,11,17H,1-7,10,15-16H2. The van der Waals surface area contributed by atoms with Gasteiger partial charge in [-0.1, -0.05) is 31.7 Å². The van der Waals surface area contributed by atoms with Crippen molar-refractivity contribution in [1.82, 2.24) is 0 Å². The van der Waals surface area contributed by atoms with E-state index in [1.54, 1.807) is 6.07 Å². The van der Waals surface area contributed by atoms with E-state index in [4.69, 9.17) is 11.5 Å². The Hall–Kier alpha value is -1.22. The Morgan fingerprint density at radius 1 is 0.941 bits per heavy atom. The first kappa shape index (κ1) is 13.8. The molecule has 0 bridgehead atoms. The third-order valence-electron chi connectivity index (χ3n) is 3.01. The van der Waals surface area contributed by atoms with Gasteiger partial charge in [-0.2, -0.15) is 0 Å². The van der Waals surface area contributed by atoms with Gasteiger partial charge in [0, 0.05) is 0 Å². The summed E-state index contributed by atoms with van der Waals surface area (Å²) >= 11 is 0. The molecule has 0 unspecified atom stereocenters. The molecule has 96 valence electrons. The van der Waals surface area contributed by atoms with Crippen LogP contribution in [0.4, 0.5) is 5.69 Å². The fourth-order valence-corrected chi connectivity index (χ4v) is 1.94. The predicted molar refractivity (Wildman–Crippen MR) is 73.0 cm³/mol. The lowest BCUT2D eigenvalue weighted by molar-refractivity contribution is 0.477. The number of hydrogen-bond acceptors (Lipinski definition) is 3. The van der Waals surface area contributed by atoms with E-state index in [1.165, 1.54) is 37.7 Å². The van der Waals surface area contributed by atoms with Crippen molar-refractivity contribution in [2.75, 3.05) is 12.3 Å². The second-order valence-electron chi connectivity index (χ2n) is 4.55. The third kappa shape index (κ3) is 5.59. The highest BCUT2D eigenvalue weighted by atomic mass is 16.3. The number of aromatic hydroxyl groups is 1. The van der Waals surface area contributed by atoms with E-state index >= 15 is 0 Å². The van der Waals surface area contributed by atoms with Gasteiger partial charge in [-0.25, -0.2) is 0 Å². The molecule has 0 saturated heterocycles. The summed E-state index contributed by atoms with van der Waals surface area (Å²) < 4.78 is 0. The zero-order valence-electron chi connectivity index (χ0n) is 10.5. The Morgan fingerprint density at radius 3 is 2.24 bits per heavy atom. The molecular formula is C14H24N2O. The topological polar surface area (TPSA) is 72.3 Å². The van der Waals surface area contributed by atoms with Gasteiger partial charge in [0.1, 0.15) is 5.75 Å². The van der Waals surface area contributed by atoms with Crippen LogP contribution in [-0.2, 0) is 6.42 Å². The normalized spacial score (nSPS) is 10.6. The van der Waals surface area contributed by atoms with Crippen LogP contribution in [0.3, 0.4) is 0 Å². The zero-order chi connectivity index (χ0) is 12.5. The van der Waals surface area contributed by atoms with Crippen molar-refractivity contribution < 1.29 is 5.11 Å². The monoisotopic (exact) mass is 236 g/mol. The number of rotatable bonds is 8. The molecule has 0 spiro atoms. The highest BCUT2D eigenvalue weighted by molar-refractivity contribution is 5.53. The van der Waals surface area contributed by atoms with Crippen LogP contribution in [0.2, 0.25) is 0 Å². The molecule has 1 aromatic rings. The minimum atomic E-state index is 0.176. The van der Waals surface area contributed by atoms with Gasteiger partial charge in [0.05, 0.1) is 5.69 Å². The van der Waals surface area contributed by atoms with E-state index in [0.717, 1.165) is 19.4 Å². The van der Waals surface area contributed by atoms with Crippen LogP contribution < -0.4 is 11.5 Å². The third-order valence-corrected chi connectivity index (χ3v) is 3.01. The van der Waals surface area contributed by atoms with Crippen LogP contribution in [0.5, 0.6) is 5.75 Å². The molecule has 0 aliphatic carbocycles. The Bertz CT molecular complexity index is 326. The number of phenols is 1. The van der Waals surface area contributed by atoms with Crippen LogP contribution in [-0.4, -0.2) is 11.7 Å². The highest BCUT2D eigenvalue weighted by Gasteiger charge is 1.99. The van der Waals surface area contributed by atoms with Crippen LogP contribution in [0.15, 0.2) is 18.2 Å². The van der Waals surface area contributed by atoms with E-state index in [9.17, 15) is 5.11 Å². The van der Waals surface area contributed by atoms with Crippen LogP contribution in [0.1, 0.15) is 44.1 Å². The maximum Gasteiger partial charge on any atom is 0.138 e. The lowest BCUT2D eigenvalue weighted by Gasteiger charge is -2.04. The summed E-state index contributed by atoms with van der Waals surface area (Å²) in [5.41, 5.74) is 12.8. The molecule has 0 fully saturated rings. The van der Waals surface area contributed by atoms with Crippen molar-refractivity contribution in [1.29, 1.82) is 0 Å². The van der Waals surface area contributed by atoms with Crippen LogP contribution >= 0.6 is 0 Å². The number of aryl methyl sites for hydroxylation is 1. The SMILES string of the molecule is NCCCCCCCCc1ccc(O)c(N)c1. The first-order valence-electron chi connectivity index (χ1n) is 6.51. The smallest absolute Gasteiger partial charge is 0.138 e. The molecular weight excluding hydrogens is 212 g/mol. The quantitative estimate of drug-likeness (QED) is 0.369. The molecule has 3 nitrogen and oxygen atoms in total. The average molecular weight is 236 g/mol. The van der Waals surface area contributed by atoms with Crippen LogP contribution in [0, 0.1) is 0 Å². The average Bonchev–Trinajstić information content (AvgIpc) is 2.32. The summed E-state index contributed by atoms with van der Waals surface area (Å²) in [6.07, 6.45) is 8.46. The van der Waals surface area contributed by atoms with Crippen molar-refractivity contribution >= 4 is 5.69 Å². The number of benzene rings is 1. The number of anilines is 1. The van der Waals surface area contributed by atoms with Crippen molar-refractivity contribution in [3.05, 3.63) is 23.8 Å². The number of hydrogen-bond donors (Lipinski definition) is 3. The van der Waals surface area contributed by atoms with Crippen molar-refractivity contribution in [3.63, 3.8) is 0 Å². The van der Waals surface area contributed by atoms with E-state index in [1.807, 2.05) is 12.1 Å². The van der Waals surface area contributed by atoms with Gasteiger partial charge in [0.25, 0.3) is 0 Å². The molecule has 1 rings (SSSR count). The summed E-state index contributed by atoms with van der Waals surface area (Å²) in [5, 5.41) is 9.30. The summed E-state index contributed by atoms with van der Waals surface area (Å²) in [6, 6.07) is 5.48. The Kier molecular flexibility index (Phi) is 6.48. The molecule has 3 heteroatoms. The largest absolute Gasteiger partial charge is 0.506 e. The molecule has 0 amide bonds. The second-order valence-corrected chi connectivity index (χ2v) is 4.55. The lowest BCUT2D eigenvalue weighted by Crippen LogP contribution is -1.97. The van der Waals surface area contributed by atoms with Gasteiger partial charge < -0.3 is 16.6 Å². The first-order chi connectivity index (χ1) is 8.24. The Balaban J connectivity index is 2.11. The molecule has 0 saturated carbocycles. The molecule has 0 aliphatic rings. The Morgan fingerprint density at radius 2 is 1.59 bits per heavy atom. The van der Waals surface area contributed by atoms with Crippen molar-refractivity contribution in [2.45, 2.75) is 44.9 Å². The maximum atomic E-state index is 9.30.